The van der Waals surface area contributed by atoms with Gasteiger partial charge in [0.25, 0.3) is 11.8 Å². The van der Waals surface area contributed by atoms with Gasteiger partial charge in [0, 0.05) is 5.56 Å². The van der Waals surface area contributed by atoms with Crippen molar-refractivity contribution in [1.82, 2.24) is 5.32 Å². The fraction of sp³-hybridized carbons (Fsp3) is 0.154. The van der Waals surface area contributed by atoms with Crippen LogP contribution in [0.25, 0.3) is 0 Å². The molecule has 2 N–H and O–H groups in total. The van der Waals surface area contributed by atoms with Crippen LogP contribution < -0.4 is 5.32 Å². The molecule has 0 bridgehead atoms. The van der Waals surface area contributed by atoms with Crippen LogP contribution in [0.5, 0.6) is 0 Å². The second-order valence-corrected chi connectivity index (χ2v) is 3.51. The Balaban J connectivity index is 2.46. The summed E-state index contributed by atoms with van der Waals surface area (Å²) >= 11 is 0. The molecule has 1 aliphatic rings. The minimum Gasteiger partial charge on any atom is -0.489 e. The minimum atomic E-state index is -0.283. The highest BCUT2D eigenvalue weighted by Crippen LogP contribution is 2.16. The van der Waals surface area contributed by atoms with Crippen LogP contribution in [0.1, 0.15) is 12.5 Å². The number of ether oxygens (including phenoxy) is 1. The van der Waals surface area contributed by atoms with Crippen LogP contribution in [-0.2, 0) is 9.53 Å². The zero-order chi connectivity index (χ0) is 13.0. The maximum atomic E-state index is 10.9. The zero-order valence-corrected chi connectivity index (χ0v) is 9.80. The van der Waals surface area contributed by atoms with Crippen LogP contribution >= 0.6 is 0 Å². The SMILES string of the molecule is CCOC1=C(O)N=C(c2ccccc2)C(=C=O)N1. The van der Waals surface area contributed by atoms with E-state index >= 15 is 0 Å². The number of aliphatic hydroxyl groups excluding tert-OH is 1. The molecule has 0 fully saturated rings. The van der Waals surface area contributed by atoms with Gasteiger partial charge in [0.15, 0.2) is 11.6 Å². The van der Waals surface area contributed by atoms with Gasteiger partial charge in [0.1, 0.15) is 5.71 Å². The Morgan fingerprint density at radius 2 is 2.11 bits per heavy atom. The summed E-state index contributed by atoms with van der Waals surface area (Å²) in [5.41, 5.74) is 1.19. The Morgan fingerprint density at radius 3 is 2.72 bits per heavy atom. The Labute approximate surface area is 104 Å². The molecule has 0 radical (unpaired) electrons. The molecule has 0 atom stereocenters. The van der Waals surface area contributed by atoms with E-state index in [4.69, 9.17) is 4.74 Å². The fourth-order valence-corrected chi connectivity index (χ4v) is 1.56. The van der Waals surface area contributed by atoms with Crippen LogP contribution in [0.2, 0.25) is 0 Å². The monoisotopic (exact) mass is 244 g/mol. The average molecular weight is 244 g/mol. The van der Waals surface area contributed by atoms with Gasteiger partial charge in [0.2, 0.25) is 0 Å². The molecule has 2 rings (SSSR count). The van der Waals surface area contributed by atoms with E-state index in [1.165, 1.54) is 0 Å². The van der Waals surface area contributed by atoms with E-state index in [0.29, 0.717) is 17.9 Å². The van der Waals surface area contributed by atoms with E-state index < -0.39 is 0 Å². The van der Waals surface area contributed by atoms with Crippen molar-refractivity contribution in [2.75, 3.05) is 6.61 Å². The topological polar surface area (TPSA) is 70.9 Å². The number of aliphatic hydroxyl groups is 1. The van der Waals surface area contributed by atoms with Crippen molar-refractivity contribution in [3.8, 4) is 0 Å². The van der Waals surface area contributed by atoms with E-state index in [-0.39, 0.29) is 17.5 Å². The molecule has 1 aromatic carbocycles. The third-order valence-corrected chi connectivity index (χ3v) is 2.33. The molecule has 1 aromatic rings. The van der Waals surface area contributed by atoms with Crippen LogP contribution in [0, 0.1) is 0 Å². The lowest BCUT2D eigenvalue weighted by molar-refractivity contribution is 0.186. The van der Waals surface area contributed by atoms with E-state index in [2.05, 4.69) is 10.3 Å². The highest BCUT2D eigenvalue weighted by atomic mass is 16.5. The first kappa shape index (κ1) is 12.0. The summed E-state index contributed by atoms with van der Waals surface area (Å²) in [6, 6.07) is 9.07. The van der Waals surface area contributed by atoms with Gasteiger partial charge in [-0.15, -0.1) is 0 Å². The van der Waals surface area contributed by atoms with Crippen molar-refractivity contribution < 1.29 is 14.6 Å². The summed E-state index contributed by atoms with van der Waals surface area (Å²) in [5.74, 6) is 1.54. The molecule has 92 valence electrons. The standard InChI is InChI=1S/C13H12N2O3/c1-2-18-13-12(17)15-11(10(8-16)14-13)9-6-4-3-5-7-9/h3-7,14,17H,2H2,1H3. The van der Waals surface area contributed by atoms with Crippen LogP contribution in [0.3, 0.4) is 0 Å². The molecular formula is C13H12N2O3. The average Bonchev–Trinajstić information content (AvgIpc) is 2.42. The molecule has 5 heteroatoms. The minimum absolute atomic E-state index is 0.0653. The van der Waals surface area contributed by atoms with E-state index in [1.807, 2.05) is 18.2 Å². The normalized spacial score (nSPS) is 14.7. The summed E-state index contributed by atoms with van der Waals surface area (Å²) in [5, 5.41) is 12.4. The number of rotatable bonds is 3. The second-order valence-electron chi connectivity index (χ2n) is 3.51. The number of nitrogens with one attached hydrogen (secondary N) is 1. The second kappa shape index (κ2) is 5.21. The molecule has 0 aliphatic carbocycles. The Morgan fingerprint density at radius 1 is 1.39 bits per heavy atom. The smallest absolute Gasteiger partial charge is 0.274 e. The lowest BCUT2D eigenvalue weighted by Gasteiger charge is -2.18. The molecular weight excluding hydrogens is 232 g/mol. The molecule has 0 unspecified atom stereocenters. The summed E-state index contributed by atoms with van der Waals surface area (Å²) in [6.45, 7) is 2.12. The van der Waals surface area contributed by atoms with E-state index in [0.717, 1.165) is 0 Å². The lowest BCUT2D eigenvalue weighted by atomic mass is 10.1. The summed E-state index contributed by atoms with van der Waals surface area (Å²) in [7, 11) is 0. The predicted molar refractivity (Wildman–Crippen MR) is 66.6 cm³/mol. The first-order valence-corrected chi connectivity index (χ1v) is 5.49. The van der Waals surface area contributed by atoms with Crippen molar-refractivity contribution >= 4 is 11.7 Å². The Hall–Kier alpha value is -2.52. The predicted octanol–water partition coefficient (Wildman–Crippen LogP) is 1.52. The maximum Gasteiger partial charge on any atom is 0.274 e. The van der Waals surface area contributed by atoms with Crippen LogP contribution in [0.15, 0.2) is 52.8 Å². The number of hydrogen-bond donors (Lipinski definition) is 2. The summed E-state index contributed by atoms with van der Waals surface area (Å²) in [6.07, 6.45) is 0. The van der Waals surface area contributed by atoms with Gasteiger partial charge in [0.05, 0.1) is 6.61 Å². The number of benzene rings is 1. The van der Waals surface area contributed by atoms with Crippen molar-refractivity contribution in [3.05, 3.63) is 53.4 Å². The van der Waals surface area contributed by atoms with Crippen LogP contribution in [-0.4, -0.2) is 23.4 Å². The van der Waals surface area contributed by atoms with Gasteiger partial charge in [-0.1, -0.05) is 30.3 Å². The number of allylic oxidation sites excluding steroid dienone is 1. The van der Waals surface area contributed by atoms with Crippen LogP contribution in [0.4, 0.5) is 0 Å². The van der Waals surface area contributed by atoms with Gasteiger partial charge >= 0.3 is 0 Å². The third-order valence-electron chi connectivity index (χ3n) is 2.33. The molecule has 0 spiro atoms. The highest BCUT2D eigenvalue weighted by Gasteiger charge is 2.21. The van der Waals surface area contributed by atoms with Gasteiger partial charge in [-0.05, 0) is 6.92 Å². The molecule has 1 heterocycles. The zero-order valence-electron chi connectivity index (χ0n) is 9.80. The van der Waals surface area contributed by atoms with Gasteiger partial charge in [-0.3, -0.25) is 0 Å². The maximum absolute atomic E-state index is 10.9. The van der Waals surface area contributed by atoms with Crippen molar-refractivity contribution in [2.24, 2.45) is 4.99 Å². The third kappa shape index (κ3) is 2.26. The van der Waals surface area contributed by atoms with Crippen molar-refractivity contribution in [1.29, 1.82) is 0 Å². The van der Waals surface area contributed by atoms with E-state index in [1.54, 1.807) is 25.0 Å². The number of nitrogens with zero attached hydrogens (tertiary/aromatic N) is 1. The van der Waals surface area contributed by atoms with Crippen molar-refractivity contribution in [3.63, 3.8) is 0 Å². The number of aliphatic imine (C=N–C) groups is 1. The molecule has 0 aromatic heterocycles. The molecule has 0 saturated heterocycles. The molecule has 1 aliphatic heterocycles. The number of hydrogen-bond acceptors (Lipinski definition) is 5. The van der Waals surface area contributed by atoms with Gasteiger partial charge < -0.3 is 15.2 Å². The van der Waals surface area contributed by atoms with Gasteiger partial charge in [-0.2, -0.15) is 0 Å². The molecule has 5 nitrogen and oxygen atoms in total. The largest absolute Gasteiger partial charge is 0.489 e. The summed E-state index contributed by atoms with van der Waals surface area (Å²) in [4.78, 5) is 14.9. The quantitative estimate of drug-likeness (QED) is 0.791. The molecule has 18 heavy (non-hydrogen) atoms. The first-order valence-electron chi connectivity index (χ1n) is 5.49. The lowest BCUT2D eigenvalue weighted by Crippen LogP contribution is -2.28. The molecule has 0 saturated carbocycles. The molecule has 0 amide bonds. The van der Waals surface area contributed by atoms with E-state index in [9.17, 15) is 9.90 Å². The van der Waals surface area contributed by atoms with Gasteiger partial charge in [-0.25, -0.2) is 9.79 Å². The van der Waals surface area contributed by atoms with Crippen molar-refractivity contribution in [2.45, 2.75) is 6.92 Å². The summed E-state index contributed by atoms with van der Waals surface area (Å²) < 4.78 is 5.12. The Bertz CT molecular complexity index is 555. The Kier molecular flexibility index (Phi) is 3.46. The highest BCUT2D eigenvalue weighted by molar-refractivity contribution is 6.17. The fourth-order valence-electron chi connectivity index (χ4n) is 1.56. The number of carbonyl (C=O) groups excluding carboxylic acids is 1. The first-order chi connectivity index (χ1) is 8.76.